The Labute approximate surface area is 69.6 Å². The summed E-state index contributed by atoms with van der Waals surface area (Å²) in [5.74, 6) is -2.19. The van der Waals surface area contributed by atoms with Gasteiger partial charge in [0.25, 0.3) is 5.91 Å². The lowest BCUT2D eigenvalue weighted by Gasteiger charge is -2.08. The van der Waals surface area contributed by atoms with Crippen LogP contribution in [0.4, 0.5) is 4.79 Å². The molecular formula is C7H12N2O2. The molecule has 0 aromatic rings. The molecule has 1 rings (SSSR count). The van der Waals surface area contributed by atoms with E-state index in [2.05, 4.69) is 5.32 Å². The number of amides is 3. The van der Waals surface area contributed by atoms with Gasteiger partial charge in [0, 0.05) is 4.11 Å². The second kappa shape index (κ2) is 2.90. The van der Waals surface area contributed by atoms with E-state index < -0.39 is 30.2 Å². The molecule has 1 atom stereocenters. The zero-order chi connectivity index (χ0) is 11.1. The van der Waals surface area contributed by atoms with Gasteiger partial charge in [0.15, 0.2) is 0 Å². The SMILES string of the molecule is [2H]C(C)(C)C([2H])([2H])C1NC(=O)NC1=O. The molecule has 1 unspecified atom stereocenters. The summed E-state index contributed by atoms with van der Waals surface area (Å²) >= 11 is 0. The minimum absolute atomic E-state index is 0.715. The van der Waals surface area contributed by atoms with Gasteiger partial charge in [-0.1, -0.05) is 13.8 Å². The molecule has 1 saturated heterocycles. The van der Waals surface area contributed by atoms with E-state index in [-0.39, 0.29) is 0 Å². The van der Waals surface area contributed by atoms with E-state index in [1.807, 2.05) is 5.32 Å². The van der Waals surface area contributed by atoms with Crippen LogP contribution in [0.25, 0.3) is 0 Å². The van der Waals surface area contributed by atoms with Gasteiger partial charge in [-0.2, -0.15) is 0 Å². The van der Waals surface area contributed by atoms with Gasteiger partial charge in [-0.25, -0.2) is 4.79 Å². The lowest BCUT2D eigenvalue weighted by molar-refractivity contribution is -0.120. The molecule has 4 heteroatoms. The maximum absolute atomic E-state index is 11.2. The molecule has 3 amide bonds. The molecule has 0 spiro atoms. The number of nitrogens with one attached hydrogen (secondary N) is 2. The van der Waals surface area contributed by atoms with Crippen molar-refractivity contribution in [3.8, 4) is 0 Å². The maximum atomic E-state index is 11.2. The topological polar surface area (TPSA) is 58.2 Å². The molecule has 1 aliphatic rings. The van der Waals surface area contributed by atoms with Gasteiger partial charge >= 0.3 is 6.03 Å². The highest BCUT2D eigenvalue weighted by Gasteiger charge is 2.29. The van der Waals surface area contributed by atoms with E-state index in [1.165, 1.54) is 13.8 Å². The van der Waals surface area contributed by atoms with Crippen LogP contribution in [-0.4, -0.2) is 18.0 Å². The van der Waals surface area contributed by atoms with Crippen LogP contribution in [-0.2, 0) is 4.79 Å². The molecule has 0 aromatic heterocycles. The lowest BCUT2D eigenvalue weighted by Crippen LogP contribution is -2.30. The first-order valence-corrected chi connectivity index (χ1v) is 3.27. The number of carbonyl (C=O) groups is 2. The third kappa shape index (κ3) is 1.93. The van der Waals surface area contributed by atoms with Crippen LogP contribution in [0.1, 0.15) is 24.3 Å². The van der Waals surface area contributed by atoms with Crippen LogP contribution in [0.2, 0.25) is 0 Å². The van der Waals surface area contributed by atoms with E-state index in [0.717, 1.165) is 0 Å². The van der Waals surface area contributed by atoms with Gasteiger partial charge < -0.3 is 5.32 Å². The Kier molecular flexibility index (Phi) is 1.25. The molecule has 11 heavy (non-hydrogen) atoms. The van der Waals surface area contributed by atoms with Gasteiger partial charge in [0.05, 0.1) is 0 Å². The summed E-state index contributed by atoms with van der Waals surface area (Å²) in [6, 6.07) is -2.00. The lowest BCUT2D eigenvalue weighted by atomic mass is 10.0. The van der Waals surface area contributed by atoms with Crippen molar-refractivity contribution in [1.29, 1.82) is 0 Å². The van der Waals surface area contributed by atoms with Crippen molar-refractivity contribution in [3.63, 3.8) is 0 Å². The fourth-order valence-corrected chi connectivity index (χ4v) is 0.807. The monoisotopic (exact) mass is 159 g/mol. The smallest absolute Gasteiger partial charge is 0.322 e. The average molecular weight is 159 g/mol. The maximum Gasteiger partial charge on any atom is 0.322 e. The van der Waals surface area contributed by atoms with Crippen molar-refractivity contribution in [2.45, 2.75) is 26.3 Å². The van der Waals surface area contributed by atoms with E-state index in [9.17, 15) is 9.59 Å². The molecule has 0 bridgehead atoms. The van der Waals surface area contributed by atoms with E-state index in [1.54, 1.807) is 0 Å². The molecule has 1 heterocycles. The van der Waals surface area contributed by atoms with Crippen LogP contribution in [0.5, 0.6) is 0 Å². The Hall–Kier alpha value is -1.06. The Balaban J connectivity index is 2.94. The van der Waals surface area contributed by atoms with E-state index >= 15 is 0 Å². The van der Waals surface area contributed by atoms with Gasteiger partial charge in [0.2, 0.25) is 0 Å². The predicted octanol–water partition coefficient (Wildman–Crippen LogP) is 0.241. The Morgan fingerprint density at radius 3 is 2.73 bits per heavy atom. The summed E-state index contributed by atoms with van der Waals surface area (Å²) in [4.78, 5) is 21.9. The first-order chi connectivity index (χ1) is 6.16. The zero-order valence-electron chi connectivity index (χ0n) is 9.39. The third-order valence-electron chi connectivity index (χ3n) is 1.21. The molecule has 0 radical (unpaired) electrons. The molecular weight excluding hydrogens is 144 g/mol. The van der Waals surface area contributed by atoms with Crippen molar-refractivity contribution in [2.24, 2.45) is 5.89 Å². The number of hydrogen-bond donors (Lipinski definition) is 2. The number of urea groups is 1. The Morgan fingerprint density at radius 1 is 1.73 bits per heavy atom. The number of imide groups is 1. The summed E-state index contributed by atoms with van der Waals surface area (Å²) in [7, 11) is 0. The summed E-state index contributed by atoms with van der Waals surface area (Å²) < 4.78 is 22.7. The Morgan fingerprint density at radius 2 is 2.36 bits per heavy atom. The van der Waals surface area contributed by atoms with Crippen LogP contribution in [0, 0.1) is 5.89 Å². The molecule has 4 nitrogen and oxygen atoms in total. The summed E-state index contributed by atoms with van der Waals surface area (Å²) in [6.45, 7) is 2.70. The minimum atomic E-state index is -2.11. The van der Waals surface area contributed by atoms with Crippen molar-refractivity contribution in [3.05, 3.63) is 0 Å². The standard InChI is InChI=1S/C7H12N2O2/c1-4(2)3-5-6(10)9-7(11)8-5/h4-5H,3H2,1-2H3,(H2,8,9,10,11)/i3D2,4D. The summed E-state index contributed by atoms with van der Waals surface area (Å²) in [5.41, 5.74) is 0. The average Bonchev–Trinajstić information content (AvgIpc) is 2.27. The molecule has 0 aromatic carbocycles. The van der Waals surface area contributed by atoms with Gasteiger partial charge in [-0.05, 0) is 12.3 Å². The van der Waals surface area contributed by atoms with Crippen LogP contribution in [0.3, 0.4) is 0 Å². The number of hydrogen-bond acceptors (Lipinski definition) is 2. The first-order valence-electron chi connectivity index (χ1n) is 4.77. The van der Waals surface area contributed by atoms with Crippen molar-refractivity contribution >= 4 is 11.9 Å². The minimum Gasteiger partial charge on any atom is -0.326 e. The van der Waals surface area contributed by atoms with Gasteiger partial charge in [0.1, 0.15) is 6.04 Å². The van der Waals surface area contributed by atoms with E-state index in [4.69, 9.17) is 4.11 Å². The van der Waals surface area contributed by atoms with Gasteiger partial charge in [-0.15, -0.1) is 0 Å². The summed E-state index contributed by atoms with van der Waals surface area (Å²) in [5, 5.41) is 4.09. The number of rotatable bonds is 2. The van der Waals surface area contributed by atoms with Crippen molar-refractivity contribution in [2.75, 3.05) is 0 Å². The predicted molar refractivity (Wildman–Crippen MR) is 39.9 cm³/mol. The molecule has 1 fully saturated rings. The molecule has 0 saturated carbocycles. The fraction of sp³-hybridized carbons (Fsp3) is 0.714. The molecule has 0 aliphatic carbocycles. The van der Waals surface area contributed by atoms with Crippen LogP contribution < -0.4 is 10.6 Å². The Bertz CT molecular complexity index is 285. The quantitative estimate of drug-likeness (QED) is 0.567. The highest BCUT2D eigenvalue weighted by molar-refractivity contribution is 6.04. The van der Waals surface area contributed by atoms with Gasteiger partial charge in [-0.3, -0.25) is 10.1 Å². The van der Waals surface area contributed by atoms with E-state index in [0.29, 0.717) is 0 Å². The normalized spacial score (nSPS) is 30.0. The third-order valence-corrected chi connectivity index (χ3v) is 1.21. The summed E-state index contributed by atoms with van der Waals surface area (Å²) in [6.07, 6.45) is -2.11. The molecule has 2 N–H and O–H groups in total. The zero-order valence-corrected chi connectivity index (χ0v) is 6.39. The second-order valence-corrected chi connectivity index (χ2v) is 2.54. The second-order valence-electron chi connectivity index (χ2n) is 2.54. The number of carbonyl (C=O) groups excluding carboxylic acids is 2. The largest absolute Gasteiger partial charge is 0.326 e. The van der Waals surface area contributed by atoms with Crippen molar-refractivity contribution in [1.82, 2.24) is 10.6 Å². The van der Waals surface area contributed by atoms with Crippen molar-refractivity contribution < 1.29 is 13.7 Å². The van der Waals surface area contributed by atoms with Crippen LogP contribution in [0.15, 0.2) is 0 Å². The first kappa shape index (κ1) is 4.74. The highest BCUT2D eigenvalue weighted by Crippen LogP contribution is 2.07. The fourth-order valence-electron chi connectivity index (χ4n) is 0.807. The highest BCUT2D eigenvalue weighted by atomic mass is 16.2. The molecule has 62 valence electrons. The van der Waals surface area contributed by atoms with Crippen LogP contribution >= 0.6 is 0 Å². The molecule has 1 aliphatic heterocycles.